The Morgan fingerprint density at radius 1 is 1.00 bits per heavy atom. The highest BCUT2D eigenvalue weighted by molar-refractivity contribution is 7.89. The van der Waals surface area contributed by atoms with E-state index < -0.39 is 34.5 Å². The van der Waals surface area contributed by atoms with Gasteiger partial charge in [0.25, 0.3) is 5.91 Å². The van der Waals surface area contributed by atoms with Gasteiger partial charge < -0.3 is 10.1 Å². The molecule has 182 valence electrons. The minimum atomic E-state index is -3.87. The lowest BCUT2D eigenvalue weighted by atomic mass is 9.86. The van der Waals surface area contributed by atoms with E-state index in [1.165, 1.54) is 24.3 Å². The minimum Gasteiger partial charge on any atom is -0.452 e. The molecule has 10 heteroatoms. The van der Waals surface area contributed by atoms with Crippen LogP contribution in [-0.2, 0) is 26.1 Å². The van der Waals surface area contributed by atoms with E-state index in [-0.39, 0.29) is 23.0 Å². The molecule has 9 nitrogen and oxygen atoms in total. The van der Waals surface area contributed by atoms with Gasteiger partial charge in [0.15, 0.2) is 6.61 Å². The fraction of sp³-hybridized carbons (Fsp3) is 0.375. The van der Waals surface area contributed by atoms with Gasteiger partial charge in [-0.05, 0) is 42.5 Å². The van der Waals surface area contributed by atoms with E-state index in [0.717, 1.165) is 31.2 Å². The third-order valence-corrected chi connectivity index (χ3v) is 7.10. The number of rotatable bonds is 8. The standard InChI is InChI=1S/C24H29N3O6S/c1-17-8-5-6-13-21(17)26-24(30)27-22(28)16-33-23(29)19-11-7-12-20(14-19)34(31,32)25-15-18-9-3-2-4-10-18/h2-4,7,9-12,14,17,21,25H,5-6,8,13,15-16H2,1H3,(H2,26,27,28,30). The van der Waals surface area contributed by atoms with Crippen molar-refractivity contribution < 1.29 is 27.5 Å². The van der Waals surface area contributed by atoms with Crippen LogP contribution in [-0.4, -0.2) is 39.0 Å². The Hall–Kier alpha value is -3.24. The first-order valence-corrected chi connectivity index (χ1v) is 12.6. The first-order valence-electron chi connectivity index (χ1n) is 11.2. The summed E-state index contributed by atoms with van der Waals surface area (Å²) in [7, 11) is -3.87. The second-order valence-electron chi connectivity index (χ2n) is 8.30. The third-order valence-electron chi connectivity index (χ3n) is 5.70. The molecule has 0 heterocycles. The van der Waals surface area contributed by atoms with E-state index in [2.05, 4.69) is 22.3 Å². The van der Waals surface area contributed by atoms with Crippen molar-refractivity contribution in [2.75, 3.05) is 6.61 Å². The SMILES string of the molecule is CC1CCCCC1NC(=O)NC(=O)COC(=O)c1cccc(S(=O)(=O)NCc2ccccc2)c1. The van der Waals surface area contributed by atoms with E-state index in [1.807, 2.05) is 6.07 Å². The van der Waals surface area contributed by atoms with Crippen LogP contribution in [0.15, 0.2) is 59.5 Å². The summed E-state index contributed by atoms with van der Waals surface area (Å²) in [5.74, 6) is -1.32. The molecule has 1 fully saturated rings. The lowest BCUT2D eigenvalue weighted by Gasteiger charge is -2.29. The smallest absolute Gasteiger partial charge is 0.338 e. The average molecular weight is 488 g/mol. The number of nitrogens with one attached hydrogen (secondary N) is 3. The van der Waals surface area contributed by atoms with E-state index in [1.54, 1.807) is 24.3 Å². The van der Waals surface area contributed by atoms with Crippen LogP contribution in [0.2, 0.25) is 0 Å². The third kappa shape index (κ3) is 7.39. The second kappa shape index (κ2) is 11.8. The molecule has 3 N–H and O–H groups in total. The van der Waals surface area contributed by atoms with Crippen LogP contribution >= 0.6 is 0 Å². The quantitative estimate of drug-likeness (QED) is 0.491. The Morgan fingerprint density at radius 3 is 2.47 bits per heavy atom. The maximum absolute atomic E-state index is 12.6. The fourth-order valence-electron chi connectivity index (χ4n) is 3.76. The van der Waals surface area contributed by atoms with Gasteiger partial charge in [0.2, 0.25) is 10.0 Å². The van der Waals surface area contributed by atoms with Crippen molar-refractivity contribution in [3.05, 3.63) is 65.7 Å². The molecule has 1 aliphatic carbocycles. The number of urea groups is 1. The second-order valence-corrected chi connectivity index (χ2v) is 10.1. The molecular formula is C24H29N3O6S. The van der Waals surface area contributed by atoms with Crippen LogP contribution in [0, 0.1) is 5.92 Å². The fourth-order valence-corrected chi connectivity index (χ4v) is 4.82. The Kier molecular flexibility index (Phi) is 8.78. The summed E-state index contributed by atoms with van der Waals surface area (Å²) < 4.78 is 32.6. The van der Waals surface area contributed by atoms with Crippen LogP contribution in [0.4, 0.5) is 4.79 Å². The number of carbonyl (C=O) groups excluding carboxylic acids is 3. The molecule has 2 atom stereocenters. The van der Waals surface area contributed by atoms with E-state index in [0.29, 0.717) is 5.92 Å². The van der Waals surface area contributed by atoms with Crippen molar-refractivity contribution in [1.82, 2.24) is 15.4 Å². The molecule has 0 bridgehead atoms. The number of amides is 3. The molecule has 3 rings (SSSR count). The molecule has 1 saturated carbocycles. The molecule has 0 aliphatic heterocycles. The zero-order valence-electron chi connectivity index (χ0n) is 19.0. The summed E-state index contributed by atoms with van der Waals surface area (Å²) in [6.45, 7) is 1.48. The van der Waals surface area contributed by atoms with Gasteiger partial charge in [0.05, 0.1) is 10.5 Å². The molecule has 2 unspecified atom stereocenters. The monoisotopic (exact) mass is 487 g/mol. The van der Waals surface area contributed by atoms with Crippen molar-refractivity contribution in [3.63, 3.8) is 0 Å². The molecule has 34 heavy (non-hydrogen) atoms. The zero-order valence-corrected chi connectivity index (χ0v) is 19.8. The van der Waals surface area contributed by atoms with Gasteiger partial charge in [-0.2, -0.15) is 0 Å². The molecule has 3 amide bonds. The predicted octanol–water partition coefficient (Wildman–Crippen LogP) is 2.73. The summed E-state index contributed by atoms with van der Waals surface area (Å²) >= 11 is 0. The maximum atomic E-state index is 12.6. The summed E-state index contributed by atoms with van der Waals surface area (Å²) in [6, 6.07) is 13.7. The molecule has 0 spiro atoms. The summed E-state index contributed by atoms with van der Waals surface area (Å²) in [4.78, 5) is 36.3. The highest BCUT2D eigenvalue weighted by atomic mass is 32.2. The van der Waals surface area contributed by atoms with Crippen molar-refractivity contribution in [1.29, 1.82) is 0 Å². The summed E-state index contributed by atoms with van der Waals surface area (Å²) in [5, 5.41) is 4.93. The summed E-state index contributed by atoms with van der Waals surface area (Å²) in [5.41, 5.74) is 0.755. The Bertz CT molecular complexity index is 1120. The Morgan fingerprint density at radius 2 is 1.74 bits per heavy atom. The largest absolute Gasteiger partial charge is 0.452 e. The van der Waals surface area contributed by atoms with E-state index >= 15 is 0 Å². The number of hydrogen-bond donors (Lipinski definition) is 3. The molecule has 1 aliphatic rings. The van der Waals surface area contributed by atoms with Crippen LogP contribution in [0.3, 0.4) is 0 Å². The van der Waals surface area contributed by atoms with Crippen molar-refractivity contribution in [2.45, 2.75) is 50.1 Å². The topological polar surface area (TPSA) is 131 Å². The van der Waals surface area contributed by atoms with Gasteiger partial charge >= 0.3 is 12.0 Å². The number of sulfonamides is 1. The normalized spacial score (nSPS) is 18.0. The number of ether oxygens (including phenoxy) is 1. The molecule has 0 saturated heterocycles. The van der Waals surface area contributed by atoms with Gasteiger partial charge in [-0.3, -0.25) is 10.1 Å². The van der Waals surface area contributed by atoms with Gasteiger partial charge in [-0.25, -0.2) is 22.7 Å². The number of esters is 1. The molecule has 2 aromatic carbocycles. The van der Waals surface area contributed by atoms with Crippen LogP contribution in [0.1, 0.15) is 48.5 Å². The van der Waals surface area contributed by atoms with Crippen molar-refractivity contribution in [3.8, 4) is 0 Å². The van der Waals surface area contributed by atoms with Gasteiger partial charge in [-0.15, -0.1) is 0 Å². The minimum absolute atomic E-state index is 0.00397. The Balaban J connectivity index is 1.50. The molecule has 0 aromatic heterocycles. The predicted molar refractivity (Wildman–Crippen MR) is 125 cm³/mol. The number of benzene rings is 2. The van der Waals surface area contributed by atoms with Gasteiger partial charge in [0, 0.05) is 12.6 Å². The van der Waals surface area contributed by atoms with Crippen LogP contribution < -0.4 is 15.4 Å². The van der Waals surface area contributed by atoms with E-state index in [9.17, 15) is 22.8 Å². The highest BCUT2D eigenvalue weighted by Crippen LogP contribution is 2.23. The van der Waals surface area contributed by atoms with Crippen molar-refractivity contribution >= 4 is 27.9 Å². The Labute approximate surface area is 199 Å². The van der Waals surface area contributed by atoms with Crippen LogP contribution in [0.25, 0.3) is 0 Å². The number of hydrogen-bond acceptors (Lipinski definition) is 6. The van der Waals surface area contributed by atoms with Gasteiger partial charge in [0.1, 0.15) is 0 Å². The molecule has 0 radical (unpaired) electrons. The number of imide groups is 1. The van der Waals surface area contributed by atoms with Gasteiger partial charge in [-0.1, -0.05) is 56.2 Å². The first kappa shape index (κ1) is 25.4. The lowest BCUT2D eigenvalue weighted by molar-refractivity contribution is -0.123. The zero-order chi connectivity index (χ0) is 24.6. The number of carbonyl (C=O) groups is 3. The average Bonchev–Trinajstić information content (AvgIpc) is 2.83. The first-order chi connectivity index (χ1) is 16.2. The highest BCUT2D eigenvalue weighted by Gasteiger charge is 2.24. The van der Waals surface area contributed by atoms with Crippen LogP contribution in [0.5, 0.6) is 0 Å². The molecule has 2 aromatic rings. The molecular weight excluding hydrogens is 458 g/mol. The van der Waals surface area contributed by atoms with E-state index in [4.69, 9.17) is 4.74 Å². The maximum Gasteiger partial charge on any atom is 0.338 e. The van der Waals surface area contributed by atoms with Crippen molar-refractivity contribution in [2.24, 2.45) is 5.92 Å². The summed E-state index contributed by atoms with van der Waals surface area (Å²) in [6.07, 6.45) is 4.03. The lowest BCUT2D eigenvalue weighted by Crippen LogP contribution is -2.48.